The number of carbonyl (C=O) groups excluding carboxylic acids is 4. The van der Waals surface area contributed by atoms with Crippen LogP contribution in [0.15, 0.2) is 0 Å². The number of rotatable bonds is 18. The third kappa shape index (κ3) is 14.2. The summed E-state index contributed by atoms with van der Waals surface area (Å²) in [5, 5.41) is 25.6. The predicted octanol–water partition coefficient (Wildman–Crippen LogP) is -0.241. The van der Waals surface area contributed by atoms with Crippen molar-refractivity contribution in [3.8, 4) is 0 Å². The quantitative estimate of drug-likeness (QED) is 0.129. The average Bonchev–Trinajstić information content (AvgIpc) is 2.72. The highest BCUT2D eigenvalue weighted by atomic mass is 16.4. The van der Waals surface area contributed by atoms with Crippen LogP contribution in [0, 0.1) is 5.92 Å². The largest absolute Gasteiger partial charge is 0.481 e. The minimum Gasteiger partial charge on any atom is -0.481 e. The molecule has 1 unspecified atom stereocenters. The Morgan fingerprint density at radius 1 is 0.853 bits per heavy atom. The number of hydrogen-bond donors (Lipinski definition) is 5. The first-order chi connectivity index (χ1) is 15.8. The molecular weight excluding hydrogens is 448 g/mol. The van der Waals surface area contributed by atoms with E-state index in [1.54, 1.807) is 27.7 Å². The van der Waals surface area contributed by atoms with Crippen LogP contribution in [0.1, 0.15) is 59.8 Å². The Hall–Kier alpha value is -3.02. The fourth-order valence-electron chi connectivity index (χ4n) is 2.97. The van der Waals surface area contributed by atoms with Crippen LogP contribution in [0.25, 0.3) is 0 Å². The number of hydrogen-bond acceptors (Lipinski definition) is 7. The summed E-state index contributed by atoms with van der Waals surface area (Å²) in [6.45, 7) is 7.65. The molecule has 5 N–H and O–H groups in total. The number of Topliss-reactive ketones (excluding diaryl/α,β-unsaturated/α-hetero) is 1. The van der Waals surface area contributed by atoms with E-state index in [9.17, 15) is 28.8 Å². The molecule has 0 fully saturated rings. The van der Waals surface area contributed by atoms with Crippen molar-refractivity contribution in [3.63, 3.8) is 0 Å². The minimum atomic E-state index is -1.23. The van der Waals surface area contributed by atoms with E-state index >= 15 is 0 Å². The van der Waals surface area contributed by atoms with Gasteiger partial charge in [0.25, 0.3) is 0 Å². The second-order valence-electron chi connectivity index (χ2n) is 8.58. The molecule has 0 spiro atoms. The highest BCUT2D eigenvalue weighted by molar-refractivity contribution is 5.97. The molecule has 1 atom stereocenters. The van der Waals surface area contributed by atoms with Crippen LogP contribution in [-0.4, -0.2) is 88.8 Å². The van der Waals surface area contributed by atoms with Gasteiger partial charge in [0, 0.05) is 19.0 Å². The molecule has 12 nitrogen and oxygen atoms in total. The summed E-state index contributed by atoms with van der Waals surface area (Å²) in [4.78, 5) is 70.8. The van der Waals surface area contributed by atoms with Crippen LogP contribution in [0.4, 0.5) is 0 Å². The van der Waals surface area contributed by atoms with Crippen LogP contribution >= 0.6 is 0 Å². The lowest BCUT2D eigenvalue weighted by atomic mass is 10.0. The van der Waals surface area contributed by atoms with Gasteiger partial charge >= 0.3 is 11.9 Å². The van der Waals surface area contributed by atoms with Gasteiger partial charge in [-0.3, -0.25) is 28.8 Å². The number of carbonyl (C=O) groups is 6. The topological polar surface area (TPSA) is 182 Å². The van der Waals surface area contributed by atoms with E-state index in [1.165, 1.54) is 4.90 Å². The molecule has 0 saturated carbocycles. The number of unbranched alkanes of at least 4 members (excludes halogenated alkanes) is 1. The average molecular weight is 487 g/mol. The maximum Gasteiger partial charge on any atom is 0.310 e. The normalized spacial score (nSPS) is 11.7. The van der Waals surface area contributed by atoms with E-state index in [-0.39, 0.29) is 49.7 Å². The van der Waals surface area contributed by atoms with E-state index < -0.39 is 36.1 Å². The van der Waals surface area contributed by atoms with E-state index in [0.29, 0.717) is 25.9 Å². The van der Waals surface area contributed by atoms with Crippen molar-refractivity contribution < 1.29 is 39.0 Å². The number of nitrogens with zero attached hydrogens (tertiary/aromatic N) is 1. The number of aliphatic carboxylic acids is 2. The number of nitrogens with one attached hydrogen (secondary N) is 3. The van der Waals surface area contributed by atoms with E-state index in [2.05, 4.69) is 16.0 Å². The van der Waals surface area contributed by atoms with Crippen molar-refractivity contribution >= 4 is 35.4 Å². The molecule has 0 aliphatic heterocycles. The van der Waals surface area contributed by atoms with Gasteiger partial charge < -0.3 is 31.1 Å². The zero-order valence-electron chi connectivity index (χ0n) is 20.4. The summed E-state index contributed by atoms with van der Waals surface area (Å²) in [5.74, 6) is -4.17. The van der Waals surface area contributed by atoms with Gasteiger partial charge in [-0.25, -0.2) is 0 Å². The Morgan fingerprint density at radius 2 is 1.47 bits per heavy atom. The lowest BCUT2D eigenvalue weighted by Gasteiger charge is -2.26. The van der Waals surface area contributed by atoms with Crippen molar-refractivity contribution in [2.24, 2.45) is 5.92 Å². The standard InChI is InChI=1S/C22H38N4O8/c1-14(2)21(25-17(28)7-8-19(30)31)22(34)24-10-6-5-9-23-12-18(29)26(15(3)4)13-16(27)11-20(32)33/h14-15,21,23H,5-13H2,1-4H3,(H,24,34)(H,25,28)(H,30,31)(H,32,33). The molecule has 34 heavy (non-hydrogen) atoms. The molecule has 0 saturated heterocycles. The highest BCUT2D eigenvalue weighted by Crippen LogP contribution is 2.04. The van der Waals surface area contributed by atoms with Crippen molar-refractivity contribution in [2.75, 3.05) is 26.2 Å². The third-order valence-corrected chi connectivity index (χ3v) is 4.83. The number of amides is 3. The smallest absolute Gasteiger partial charge is 0.310 e. The zero-order chi connectivity index (χ0) is 26.3. The van der Waals surface area contributed by atoms with Gasteiger partial charge in [-0.05, 0) is 39.2 Å². The lowest BCUT2D eigenvalue weighted by Crippen LogP contribution is -2.50. The second kappa shape index (κ2) is 16.6. The Morgan fingerprint density at radius 3 is 2.00 bits per heavy atom. The van der Waals surface area contributed by atoms with Crippen molar-refractivity contribution in [2.45, 2.75) is 71.9 Å². The summed E-state index contributed by atoms with van der Waals surface area (Å²) in [5.41, 5.74) is 0. The molecule has 0 aliphatic rings. The van der Waals surface area contributed by atoms with Crippen LogP contribution in [0.2, 0.25) is 0 Å². The minimum absolute atomic E-state index is 0.00267. The van der Waals surface area contributed by atoms with Crippen LogP contribution in [0.3, 0.4) is 0 Å². The molecule has 0 aromatic heterocycles. The van der Waals surface area contributed by atoms with Crippen LogP contribution in [-0.2, 0) is 28.8 Å². The van der Waals surface area contributed by atoms with Gasteiger partial charge in [0.2, 0.25) is 17.7 Å². The van der Waals surface area contributed by atoms with Gasteiger partial charge in [0.15, 0.2) is 5.78 Å². The third-order valence-electron chi connectivity index (χ3n) is 4.83. The zero-order valence-corrected chi connectivity index (χ0v) is 20.4. The summed E-state index contributed by atoms with van der Waals surface area (Å²) in [6, 6.07) is -1.01. The van der Waals surface area contributed by atoms with Crippen molar-refractivity contribution in [1.82, 2.24) is 20.9 Å². The van der Waals surface area contributed by atoms with Gasteiger partial charge in [-0.15, -0.1) is 0 Å². The first-order valence-electron chi connectivity index (χ1n) is 11.4. The van der Waals surface area contributed by atoms with Gasteiger partial charge in [-0.2, -0.15) is 0 Å². The van der Waals surface area contributed by atoms with Crippen LogP contribution in [0.5, 0.6) is 0 Å². The summed E-state index contributed by atoms with van der Waals surface area (Å²) in [6.07, 6.45) is 0.152. The molecule has 194 valence electrons. The number of carboxylic acids is 2. The van der Waals surface area contributed by atoms with Gasteiger partial charge in [-0.1, -0.05) is 13.8 Å². The van der Waals surface area contributed by atoms with Crippen molar-refractivity contribution in [3.05, 3.63) is 0 Å². The van der Waals surface area contributed by atoms with Gasteiger partial charge in [0.05, 0.1) is 19.5 Å². The fourth-order valence-corrected chi connectivity index (χ4v) is 2.97. The highest BCUT2D eigenvalue weighted by Gasteiger charge is 2.24. The maximum atomic E-state index is 12.4. The molecule has 0 aromatic rings. The molecule has 0 rings (SSSR count). The lowest BCUT2D eigenvalue weighted by molar-refractivity contribution is -0.143. The molecule has 12 heteroatoms. The summed E-state index contributed by atoms with van der Waals surface area (Å²) < 4.78 is 0. The summed E-state index contributed by atoms with van der Waals surface area (Å²) in [7, 11) is 0. The first-order valence-corrected chi connectivity index (χ1v) is 11.4. The number of ketones is 1. The molecule has 3 amide bonds. The van der Waals surface area contributed by atoms with E-state index in [1.807, 2.05) is 0 Å². The summed E-state index contributed by atoms with van der Waals surface area (Å²) >= 11 is 0. The molecule has 0 aromatic carbocycles. The van der Waals surface area contributed by atoms with Gasteiger partial charge in [0.1, 0.15) is 12.5 Å². The maximum absolute atomic E-state index is 12.4. The number of carboxylic acid groups (broad SMARTS) is 2. The fraction of sp³-hybridized carbons (Fsp3) is 0.727. The Balaban J connectivity index is 4.27. The molecular formula is C22H38N4O8. The predicted molar refractivity (Wildman–Crippen MR) is 123 cm³/mol. The molecule has 0 aliphatic carbocycles. The molecule has 0 radical (unpaired) electrons. The van der Waals surface area contributed by atoms with E-state index in [0.717, 1.165) is 0 Å². The first kappa shape index (κ1) is 31.0. The second-order valence-corrected chi connectivity index (χ2v) is 8.58. The Kier molecular flexibility index (Phi) is 15.1. The molecule has 0 heterocycles. The monoisotopic (exact) mass is 486 g/mol. The van der Waals surface area contributed by atoms with Crippen LogP contribution < -0.4 is 16.0 Å². The van der Waals surface area contributed by atoms with E-state index in [4.69, 9.17) is 10.2 Å². The Bertz CT molecular complexity index is 724. The molecule has 0 bridgehead atoms. The SMILES string of the molecule is CC(C)C(NC(=O)CCC(=O)O)C(=O)NCCCCNCC(=O)N(CC(=O)CC(=O)O)C(C)C. The Labute approximate surface area is 199 Å². The van der Waals surface area contributed by atoms with Crippen molar-refractivity contribution in [1.29, 1.82) is 0 Å².